The van der Waals surface area contributed by atoms with Gasteiger partial charge in [-0.25, -0.2) is 8.42 Å². The van der Waals surface area contributed by atoms with Crippen molar-refractivity contribution in [2.45, 2.75) is 37.5 Å². The third-order valence-electron chi connectivity index (χ3n) is 5.60. The van der Waals surface area contributed by atoms with Crippen molar-refractivity contribution in [2.75, 3.05) is 29.8 Å². The topological polar surface area (TPSA) is 84.4 Å². The average Bonchev–Trinajstić information content (AvgIpc) is 3.08. The molecule has 1 saturated heterocycles. The van der Waals surface area contributed by atoms with Crippen LogP contribution in [0.15, 0.2) is 59.5 Å². The highest BCUT2D eigenvalue weighted by Gasteiger charge is 2.20. The molecule has 0 unspecified atom stereocenters. The fraction of sp³-hybridized carbons (Fsp3) is 0.333. The smallest absolute Gasteiger partial charge is 0.265 e. The molecule has 1 aliphatic rings. The summed E-state index contributed by atoms with van der Waals surface area (Å²) in [6, 6.07) is 16.1. The molecule has 0 saturated carbocycles. The number of benzene rings is 2. The Labute approximate surface area is 189 Å². The van der Waals surface area contributed by atoms with Crippen molar-refractivity contribution in [2.24, 2.45) is 0 Å². The van der Waals surface area contributed by atoms with E-state index in [1.54, 1.807) is 36.4 Å². The lowest BCUT2D eigenvalue weighted by atomic mass is 10.1. The zero-order valence-corrected chi connectivity index (χ0v) is 19.2. The maximum Gasteiger partial charge on any atom is 0.265 e. The highest BCUT2D eigenvalue weighted by Crippen LogP contribution is 2.28. The van der Waals surface area contributed by atoms with Crippen LogP contribution in [0.25, 0.3) is 11.3 Å². The Morgan fingerprint density at radius 3 is 2.41 bits per heavy atom. The molecule has 1 fully saturated rings. The molecule has 8 heteroatoms. The maximum absolute atomic E-state index is 13.0. The number of anilines is 2. The Morgan fingerprint density at radius 2 is 1.72 bits per heavy atom. The first-order chi connectivity index (χ1) is 15.5. The second-order valence-electron chi connectivity index (χ2n) is 8.02. The molecule has 0 spiro atoms. The summed E-state index contributed by atoms with van der Waals surface area (Å²) in [5.41, 5.74) is 2.85. The van der Waals surface area contributed by atoms with Crippen LogP contribution in [0.2, 0.25) is 0 Å². The van der Waals surface area contributed by atoms with Crippen molar-refractivity contribution in [3.05, 3.63) is 60.2 Å². The zero-order chi connectivity index (χ0) is 22.6. The van der Waals surface area contributed by atoms with E-state index in [0.717, 1.165) is 30.0 Å². The Bertz CT molecular complexity index is 1170. The molecule has 0 amide bonds. The van der Waals surface area contributed by atoms with Gasteiger partial charge >= 0.3 is 0 Å². The summed E-state index contributed by atoms with van der Waals surface area (Å²) in [4.78, 5) is 2.38. The fourth-order valence-corrected chi connectivity index (χ4v) is 5.10. The van der Waals surface area contributed by atoms with Gasteiger partial charge in [-0.1, -0.05) is 31.0 Å². The lowest BCUT2D eigenvalue weighted by Crippen LogP contribution is -2.25. The van der Waals surface area contributed by atoms with Crippen LogP contribution in [0, 0.1) is 6.92 Å². The van der Waals surface area contributed by atoms with Crippen molar-refractivity contribution < 1.29 is 13.2 Å². The largest absolute Gasteiger partial charge is 0.495 e. The second kappa shape index (κ2) is 9.56. The van der Waals surface area contributed by atoms with E-state index >= 15 is 0 Å². The van der Waals surface area contributed by atoms with Gasteiger partial charge in [-0.2, -0.15) is 0 Å². The molecular weight excluding hydrogens is 424 g/mol. The van der Waals surface area contributed by atoms with E-state index in [-0.39, 0.29) is 4.90 Å². The van der Waals surface area contributed by atoms with Crippen LogP contribution >= 0.6 is 0 Å². The van der Waals surface area contributed by atoms with Gasteiger partial charge in [-0.3, -0.25) is 4.72 Å². The third kappa shape index (κ3) is 5.02. The minimum atomic E-state index is -3.81. The number of hydrogen-bond acceptors (Lipinski definition) is 6. The van der Waals surface area contributed by atoms with Crippen molar-refractivity contribution in [1.29, 1.82) is 0 Å². The van der Waals surface area contributed by atoms with Gasteiger partial charge in [0.15, 0.2) is 5.82 Å². The van der Waals surface area contributed by atoms with E-state index in [1.165, 1.54) is 32.8 Å². The molecule has 168 valence electrons. The van der Waals surface area contributed by atoms with Gasteiger partial charge in [0.25, 0.3) is 10.0 Å². The van der Waals surface area contributed by atoms with Crippen LogP contribution < -0.4 is 14.4 Å². The van der Waals surface area contributed by atoms with E-state index in [4.69, 9.17) is 4.74 Å². The molecule has 2 heterocycles. The Balaban J connectivity index is 1.55. The Hall–Kier alpha value is -3.13. The number of sulfonamides is 1. The Kier molecular flexibility index (Phi) is 6.60. The molecule has 0 bridgehead atoms. The lowest BCUT2D eigenvalue weighted by Gasteiger charge is -2.20. The van der Waals surface area contributed by atoms with Gasteiger partial charge < -0.3 is 9.64 Å². The standard InChI is InChI=1S/C24H28N4O3S/c1-18-10-12-23(22(16-18)31-2)32(29,30)27-20-9-7-8-19(17-20)21-11-13-24(26-25-21)28-14-5-3-4-6-15-28/h7-13,16-17,27H,3-6,14-15H2,1-2H3. The summed E-state index contributed by atoms with van der Waals surface area (Å²) in [5.74, 6) is 1.20. The summed E-state index contributed by atoms with van der Waals surface area (Å²) in [5, 5.41) is 8.82. The number of nitrogens with one attached hydrogen (secondary N) is 1. The first-order valence-corrected chi connectivity index (χ1v) is 12.3. The summed E-state index contributed by atoms with van der Waals surface area (Å²) >= 11 is 0. The van der Waals surface area contributed by atoms with E-state index in [2.05, 4.69) is 19.8 Å². The summed E-state index contributed by atoms with van der Waals surface area (Å²) in [6.45, 7) is 3.90. The fourth-order valence-electron chi connectivity index (χ4n) is 3.90. The SMILES string of the molecule is COc1cc(C)ccc1S(=O)(=O)Nc1cccc(-c2ccc(N3CCCCCC3)nn2)c1. The van der Waals surface area contributed by atoms with E-state index in [0.29, 0.717) is 17.1 Å². The second-order valence-corrected chi connectivity index (χ2v) is 9.67. The maximum atomic E-state index is 13.0. The molecule has 0 atom stereocenters. The normalized spacial score (nSPS) is 14.6. The lowest BCUT2D eigenvalue weighted by molar-refractivity contribution is 0.402. The van der Waals surface area contributed by atoms with Gasteiger partial charge in [-0.15, -0.1) is 10.2 Å². The van der Waals surface area contributed by atoms with Gasteiger partial charge in [0.2, 0.25) is 0 Å². The van der Waals surface area contributed by atoms with Crippen LogP contribution in [0.1, 0.15) is 31.2 Å². The molecule has 1 N–H and O–H groups in total. The molecule has 0 radical (unpaired) electrons. The van der Waals surface area contributed by atoms with Gasteiger partial charge in [-0.05, 0) is 61.7 Å². The minimum absolute atomic E-state index is 0.0950. The predicted molar refractivity (Wildman–Crippen MR) is 127 cm³/mol. The van der Waals surface area contributed by atoms with Gasteiger partial charge in [0, 0.05) is 24.3 Å². The summed E-state index contributed by atoms with van der Waals surface area (Å²) < 4.78 is 33.8. The number of rotatable bonds is 6. The number of methoxy groups -OCH3 is 1. The number of nitrogens with zero attached hydrogens (tertiary/aromatic N) is 3. The van der Waals surface area contributed by atoms with Crippen molar-refractivity contribution >= 4 is 21.5 Å². The van der Waals surface area contributed by atoms with Crippen LogP contribution in [0.3, 0.4) is 0 Å². The molecule has 0 aliphatic carbocycles. The minimum Gasteiger partial charge on any atom is -0.495 e. The molecular formula is C24H28N4O3S. The number of aryl methyl sites for hydroxylation is 1. The quantitative estimate of drug-likeness (QED) is 0.586. The summed E-state index contributed by atoms with van der Waals surface area (Å²) in [6.07, 6.45) is 4.88. The van der Waals surface area contributed by atoms with E-state index in [1.807, 2.05) is 25.1 Å². The van der Waals surface area contributed by atoms with Crippen LogP contribution in [-0.4, -0.2) is 38.8 Å². The highest BCUT2D eigenvalue weighted by atomic mass is 32.2. The predicted octanol–water partition coefficient (Wildman–Crippen LogP) is 4.64. The monoisotopic (exact) mass is 452 g/mol. The van der Waals surface area contributed by atoms with Crippen LogP contribution in [0.4, 0.5) is 11.5 Å². The van der Waals surface area contributed by atoms with Crippen molar-refractivity contribution in [3.8, 4) is 17.0 Å². The number of aromatic nitrogens is 2. The average molecular weight is 453 g/mol. The summed E-state index contributed by atoms with van der Waals surface area (Å²) in [7, 11) is -2.35. The zero-order valence-electron chi connectivity index (χ0n) is 18.4. The molecule has 32 heavy (non-hydrogen) atoms. The highest BCUT2D eigenvalue weighted by molar-refractivity contribution is 7.92. The Morgan fingerprint density at radius 1 is 0.938 bits per heavy atom. The van der Waals surface area contributed by atoms with Crippen LogP contribution in [-0.2, 0) is 10.0 Å². The molecule has 1 aliphatic heterocycles. The van der Waals surface area contributed by atoms with E-state index in [9.17, 15) is 8.42 Å². The number of ether oxygens (including phenoxy) is 1. The number of hydrogen-bond donors (Lipinski definition) is 1. The molecule has 4 rings (SSSR count). The van der Waals surface area contributed by atoms with Gasteiger partial charge in [0.05, 0.1) is 12.8 Å². The van der Waals surface area contributed by atoms with Crippen molar-refractivity contribution in [3.63, 3.8) is 0 Å². The first-order valence-electron chi connectivity index (χ1n) is 10.8. The third-order valence-corrected chi connectivity index (χ3v) is 7.02. The molecule has 7 nitrogen and oxygen atoms in total. The van der Waals surface area contributed by atoms with Crippen molar-refractivity contribution in [1.82, 2.24) is 10.2 Å². The molecule has 1 aromatic heterocycles. The molecule has 2 aromatic carbocycles. The van der Waals surface area contributed by atoms with Crippen LogP contribution in [0.5, 0.6) is 5.75 Å². The first kappa shape index (κ1) is 22.1. The van der Waals surface area contributed by atoms with E-state index < -0.39 is 10.0 Å². The van der Waals surface area contributed by atoms with Gasteiger partial charge in [0.1, 0.15) is 10.6 Å². The molecule has 3 aromatic rings.